The number of halogens is 2. The standard InChI is InChI=1S/C13H16FNO2.ClH/c14-11-4-2-10(3-5-11)13-6-1-7-15-8-12(17-13)9-16-13;/h2-5,12,15H,1,6-9H2;1H. The Balaban J connectivity index is 0.00000120. The normalized spacial score (nSPS) is 31.3. The van der Waals surface area contributed by atoms with Crippen molar-refractivity contribution in [3.8, 4) is 0 Å². The van der Waals surface area contributed by atoms with Gasteiger partial charge in [0.25, 0.3) is 0 Å². The number of fused-ring (bicyclic) bond motifs is 2. The van der Waals surface area contributed by atoms with Gasteiger partial charge in [-0.1, -0.05) is 12.1 Å². The third-order valence-electron chi connectivity index (χ3n) is 3.37. The topological polar surface area (TPSA) is 30.5 Å². The van der Waals surface area contributed by atoms with Crippen LogP contribution in [0.3, 0.4) is 0 Å². The minimum atomic E-state index is -0.652. The highest BCUT2D eigenvalue weighted by Gasteiger charge is 2.43. The highest BCUT2D eigenvalue weighted by Crippen LogP contribution is 2.38. The summed E-state index contributed by atoms with van der Waals surface area (Å²) < 4.78 is 24.8. The molecular weight excluding hydrogens is 257 g/mol. The fraction of sp³-hybridized carbons (Fsp3) is 0.538. The summed E-state index contributed by atoms with van der Waals surface area (Å²) in [6.45, 7) is 2.40. The van der Waals surface area contributed by atoms with Gasteiger partial charge in [-0.15, -0.1) is 12.4 Å². The van der Waals surface area contributed by atoms with Crippen molar-refractivity contribution in [2.24, 2.45) is 0 Å². The van der Waals surface area contributed by atoms with Crippen molar-refractivity contribution in [3.63, 3.8) is 0 Å². The van der Waals surface area contributed by atoms with E-state index in [0.717, 1.165) is 31.5 Å². The Kier molecular flexibility index (Phi) is 4.22. The fourth-order valence-corrected chi connectivity index (χ4v) is 2.51. The smallest absolute Gasteiger partial charge is 0.195 e. The van der Waals surface area contributed by atoms with Gasteiger partial charge in [-0.05, 0) is 25.1 Å². The predicted molar refractivity (Wildman–Crippen MR) is 68.3 cm³/mol. The molecule has 5 heteroatoms. The Labute approximate surface area is 112 Å². The van der Waals surface area contributed by atoms with E-state index in [0.29, 0.717) is 6.61 Å². The monoisotopic (exact) mass is 273 g/mol. The summed E-state index contributed by atoms with van der Waals surface area (Å²) in [6, 6.07) is 6.43. The van der Waals surface area contributed by atoms with Crippen LogP contribution in [0, 0.1) is 5.82 Å². The third-order valence-corrected chi connectivity index (χ3v) is 3.37. The molecule has 2 heterocycles. The summed E-state index contributed by atoms with van der Waals surface area (Å²) in [7, 11) is 0. The van der Waals surface area contributed by atoms with Crippen LogP contribution in [0.2, 0.25) is 0 Å². The second kappa shape index (κ2) is 5.53. The Morgan fingerprint density at radius 2 is 2.06 bits per heavy atom. The lowest BCUT2D eigenvalue weighted by molar-refractivity contribution is -0.184. The Bertz CT molecular complexity index is 400. The van der Waals surface area contributed by atoms with Crippen molar-refractivity contribution in [3.05, 3.63) is 35.6 Å². The molecule has 2 unspecified atom stereocenters. The van der Waals surface area contributed by atoms with Crippen LogP contribution in [-0.2, 0) is 15.3 Å². The number of hydrogen-bond acceptors (Lipinski definition) is 3. The first-order valence-electron chi connectivity index (χ1n) is 6.07. The van der Waals surface area contributed by atoms with Crippen LogP contribution in [0.5, 0.6) is 0 Å². The number of hydrogen-bond donors (Lipinski definition) is 1. The van der Waals surface area contributed by atoms with Crippen molar-refractivity contribution in [1.82, 2.24) is 5.32 Å². The van der Waals surface area contributed by atoms with E-state index in [9.17, 15) is 4.39 Å². The van der Waals surface area contributed by atoms with Crippen LogP contribution in [0.1, 0.15) is 18.4 Å². The van der Waals surface area contributed by atoms with Gasteiger partial charge in [-0.3, -0.25) is 0 Å². The van der Waals surface area contributed by atoms with Gasteiger partial charge in [0.15, 0.2) is 5.79 Å². The molecule has 1 aromatic carbocycles. The molecule has 0 spiro atoms. The van der Waals surface area contributed by atoms with E-state index >= 15 is 0 Å². The van der Waals surface area contributed by atoms with Crippen molar-refractivity contribution in [2.45, 2.75) is 24.7 Å². The number of rotatable bonds is 1. The summed E-state index contributed by atoms with van der Waals surface area (Å²) in [5.41, 5.74) is 0.920. The molecule has 1 N–H and O–H groups in total. The van der Waals surface area contributed by atoms with Crippen molar-refractivity contribution >= 4 is 12.4 Å². The summed E-state index contributed by atoms with van der Waals surface area (Å²) in [5, 5.41) is 3.33. The molecule has 0 aliphatic carbocycles. The van der Waals surface area contributed by atoms with Gasteiger partial charge < -0.3 is 14.8 Å². The first kappa shape index (κ1) is 13.7. The summed E-state index contributed by atoms with van der Waals surface area (Å²) in [5.74, 6) is -0.882. The number of ether oxygens (including phenoxy) is 2. The SMILES string of the molecule is Cl.Fc1ccc(C23CCCNCC(CO2)O3)cc1. The largest absolute Gasteiger partial charge is 0.343 e. The molecule has 2 aliphatic heterocycles. The van der Waals surface area contributed by atoms with Crippen LogP contribution < -0.4 is 5.32 Å². The van der Waals surface area contributed by atoms with E-state index < -0.39 is 5.79 Å². The highest BCUT2D eigenvalue weighted by molar-refractivity contribution is 5.85. The Morgan fingerprint density at radius 1 is 1.28 bits per heavy atom. The minimum Gasteiger partial charge on any atom is -0.343 e. The van der Waals surface area contributed by atoms with E-state index in [1.807, 2.05) is 0 Å². The molecule has 0 aromatic heterocycles. The van der Waals surface area contributed by atoms with E-state index in [-0.39, 0.29) is 24.3 Å². The average Bonchev–Trinajstić information content (AvgIpc) is 2.74. The van der Waals surface area contributed by atoms with Crippen LogP contribution in [0.25, 0.3) is 0 Å². The second-order valence-electron chi connectivity index (χ2n) is 4.62. The molecule has 2 saturated heterocycles. The third kappa shape index (κ3) is 2.52. The van der Waals surface area contributed by atoms with Crippen LogP contribution in [0.4, 0.5) is 4.39 Å². The van der Waals surface area contributed by atoms with E-state index in [2.05, 4.69) is 5.32 Å². The molecule has 0 amide bonds. The molecule has 2 bridgehead atoms. The maximum atomic E-state index is 12.9. The molecule has 1 aromatic rings. The Hall–Kier alpha value is -0.680. The van der Waals surface area contributed by atoms with Gasteiger partial charge in [-0.2, -0.15) is 0 Å². The van der Waals surface area contributed by atoms with Crippen molar-refractivity contribution < 1.29 is 13.9 Å². The summed E-state index contributed by atoms with van der Waals surface area (Å²) in [6.07, 6.45) is 1.90. The zero-order chi connectivity index (χ0) is 11.7. The molecular formula is C13H17ClFNO2. The van der Waals surface area contributed by atoms with Crippen LogP contribution in [0.15, 0.2) is 24.3 Å². The lowest BCUT2D eigenvalue weighted by Crippen LogP contribution is -2.36. The van der Waals surface area contributed by atoms with Crippen molar-refractivity contribution in [1.29, 1.82) is 0 Å². The van der Waals surface area contributed by atoms with Gasteiger partial charge in [0.1, 0.15) is 5.82 Å². The highest BCUT2D eigenvalue weighted by atomic mass is 35.5. The average molecular weight is 274 g/mol. The van der Waals surface area contributed by atoms with Gasteiger partial charge >= 0.3 is 0 Å². The van der Waals surface area contributed by atoms with E-state index in [1.54, 1.807) is 12.1 Å². The predicted octanol–water partition coefficient (Wildman–Crippen LogP) is 2.20. The number of nitrogens with one attached hydrogen (secondary N) is 1. The summed E-state index contributed by atoms with van der Waals surface area (Å²) >= 11 is 0. The van der Waals surface area contributed by atoms with Crippen molar-refractivity contribution in [2.75, 3.05) is 19.7 Å². The molecule has 3 rings (SSSR count). The van der Waals surface area contributed by atoms with Crippen LogP contribution in [-0.4, -0.2) is 25.8 Å². The quantitative estimate of drug-likeness (QED) is 0.851. The fourth-order valence-electron chi connectivity index (χ4n) is 2.51. The zero-order valence-electron chi connectivity index (χ0n) is 10.0. The van der Waals surface area contributed by atoms with Gasteiger partial charge in [0, 0.05) is 18.5 Å². The molecule has 3 nitrogen and oxygen atoms in total. The molecule has 18 heavy (non-hydrogen) atoms. The summed E-state index contributed by atoms with van der Waals surface area (Å²) in [4.78, 5) is 0. The van der Waals surface area contributed by atoms with Gasteiger partial charge in [0.2, 0.25) is 0 Å². The zero-order valence-corrected chi connectivity index (χ0v) is 10.8. The maximum Gasteiger partial charge on any atom is 0.195 e. The van der Waals surface area contributed by atoms with E-state index in [4.69, 9.17) is 9.47 Å². The lowest BCUT2D eigenvalue weighted by Gasteiger charge is -2.30. The first-order chi connectivity index (χ1) is 8.28. The first-order valence-corrected chi connectivity index (χ1v) is 6.07. The molecule has 0 saturated carbocycles. The van der Waals surface area contributed by atoms with E-state index in [1.165, 1.54) is 12.1 Å². The number of benzene rings is 1. The maximum absolute atomic E-state index is 12.9. The van der Waals surface area contributed by atoms with Crippen LogP contribution >= 0.6 is 12.4 Å². The molecule has 100 valence electrons. The lowest BCUT2D eigenvalue weighted by atomic mass is 10.00. The molecule has 0 radical (unpaired) electrons. The Morgan fingerprint density at radius 3 is 2.83 bits per heavy atom. The molecule has 2 fully saturated rings. The minimum absolute atomic E-state index is 0. The molecule has 2 atom stereocenters. The van der Waals surface area contributed by atoms with Gasteiger partial charge in [0.05, 0.1) is 12.7 Å². The molecule has 2 aliphatic rings. The second-order valence-corrected chi connectivity index (χ2v) is 4.62. The van der Waals surface area contributed by atoms with Gasteiger partial charge in [-0.25, -0.2) is 4.39 Å².